The third kappa shape index (κ3) is 2.33. The van der Waals surface area contributed by atoms with Gasteiger partial charge in [0.2, 0.25) is 0 Å². The van der Waals surface area contributed by atoms with Gasteiger partial charge in [-0.3, -0.25) is 9.89 Å². The number of aromatic nitrogens is 2. The summed E-state index contributed by atoms with van der Waals surface area (Å²) in [4.78, 5) is 12.0. The average Bonchev–Trinajstić information content (AvgIpc) is 2.82. The molecule has 0 radical (unpaired) electrons. The Morgan fingerprint density at radius 2 is 1.74 bits per heavy atom. The normalized spacial score (nSPS) is 10.6. The fourth-order valence-electron chi connectivity index (χ4n) is 1.97. The second-order valence-electron chi connectivity index (χ2n) is 4.19. The minimum absolute atomic E-state index is 0.110. The third-order valence-electron chi connectivity index (χ3n) is 2.87. The predicted octanol–water partition coefficient (Wildman–Crippen LogP) is 3.49. The van der Waals surface area contributed by atoms with Crippen LogP contribution < -0.4 is 5.56 Å². The van der Waals surface area contributed by atoms with Gasteiger partial charge in [0.05, 0.1) is 11.4 Å². The molecular weight excluding hydrogens is 260 g/mol. The van der Waals surface area contributed by atoms with Crippen molar-refractivity contribution in [3.8, 4) is 16.9 Å². The molecule has 0 spiro atoms. The van der Waals surface area contributed by atoms with Crippen LogP contribution in [0.1, 0.15) is 0 Å². The van der Waals surface area contributed by atoms with E-state index in [-0.39, 0.29) is 5.56 Å². The molecule has 0 aliphatic carbocycles. The topological polar surface area (TPSA) is 37.8 Å². The van der Waals surface area contributed by atoms with E-state index in [1.165, 1.54) is 4.68 Å². The van der Waals surface area contributed by atoms with Crippen LogP contribution in [0.25, 0.3) is 16.9 Å². The Hall–Kier alpha value is -2.26. The quantitative estimate of drug-likeness (QED) is 0.760. The van der Waals surface area contributed by atoms with Crippen molar-refractivity contribution in [3.63, 3.8) is 0 Å². The van der Waals surface area contributed by atoms with Gasteiger partial charge in [-0.2, -0.15) is 0 Å². The second kappa shape index (κ2) is 4.78. The largest absolute Gasteiger partial charge is 0.290 e. The lowest BCUT2D eigenvalue weighted by Crippen LogP contribution is -2.13. The molecule has 1 aromatic heterocycles. The smallest absolute Gasteiger partial charge is 0.271 e. The van der Waals surface area contributed by atoms with Gasteiger partial charge in [-0.25, -0.2) is 4.68 Å². The number of H-pyrrole nitrogens is 1. The molecule has 1 N–H and O–H groups in total. The van der Waals surface area contributed by atoms with Crippen molar-refractivity contribution >= 4 is 11.6 Å². The number of benzene rings is 2. The van der Waals surface area contributed by atoms with Gasteiger partial charge < -0.3 is 0 Å². The van der Waals surface area contributed by atoms with E-state index in [0.717, 1.165) is 16.9 Å². The van der Waals surface area contributed by atoms with Crippen molar-refractivity contribution in [2.45, 2.75) is 0 Å². The summed E-state index contributed by atoms with van der Waals surface area (Å²) in [7, 11) is 0. The Kier molecular flexibility index (Phi) is 2.97. The van der Waals surface area contributed by atoms with Gasteiger partial charge in [-0.05, 0) is 23.8 Å². The molecule has 0 saturated heterocycles. The van der Waals surface area contributed by atoms with Crippen LogP contribution in [0.2, 0.25) is 5.02 Å². The highest BCUT2D eigenvalue weighted by molar-refractivity contribution is 6.30. The van der Waals surface area contributed by atoms with Gasteiger partial charge in [0.1, 0.15) is 0 Å². The molecule has 0 aliphatic rings. The Morgan fingerprint density at radius 1 is 0.947 bits per heavy atom. The maximum atomic E-state index is 12.0. The van der Waals surface area contributed by atoms with E-state index in [0.29, 0.717) is 5.02 Å². The fraction of sp³-hybridized carbons (Fsp3) is 0. The molecule has 4 heteroatoms. The molecule has 94 valence electrons. The SMILES string of the molecule is O=c1cc(-c2ccccc2)[nH]n1-c1cccc(Cl)c1. The lowest BCUT2D eigenvalue weighted by atomic mass is 10.2. The number of hydrogen-bond acceptors (Lipinski definition) is 1. The zero-order chi connectivity index (χ0) is 13.2. The molecule has 0 saturated carbocycles. The molecule has 3 rings (SSSR count). The van der Waals surface area contributed by atoms with Gasteiger partial charge in [-0.1, -0.05) is 48.0 Å². The highest BCUT2D eigenvalue weighted by Gasteiger charge is 2.06. The molecule has 3 nitrogen and oxygen atoms in total. The summed E-state index contributed by atoms with van der Waals surface area (Å²) in [5.41, 5.74) is 2.37. The summed E-state index contributed by atoms with van der Waals surface area (Å²) in [5, 5.41) is 3.68. The van der Waals surface area contributed by atoms with E-state index in [4.69, 9.17) is 11.6 Å². The first-order chi connectivity index (χ1) is 9.24. The highest BCUT2D eigenvalue weighted by Crippen LogP contribution is 2.17. The Bertz CT molecular complexity index is 759. The predicted molar refractivity (Wildman–Crippen MR) is 76.8 cm³/mol. The molecule has 0 bridgehead atoms. The van der Waals surface area contributed by atoms with Gasteiger partial charge in [0, 0.05) is 11.1 Å². The van der Waals surface area contributed by atoms with E-state index in [2.05, 4.69) is 5.10 Å². The van der Waals surface area contributed by atoms with Crippen molar-refractivity contribution in [2.75, 3.05) is 0 Å². The van der Waals surface area contributed by atoms with Gasteiger partial charge in [-0.15, -0.1) is 0 Å². The first kappa shape index (κ1) is 11.8. The molecule has 0 fully saturated rings. The molecule has 0 unspecified atom stereocenters. The minimum Gasteiger partial charge on any atom is -0.290 e. The second-order valence-corrected chi connectivity index (χ2v) is 4.63. The molecule has 0 atom stereocenters. The summed E-state index contributed by atoms with van der Waals surface area (Å²) >= 11 is 5.94. The van der Waals surface area contributed by atoms with Crippen molar-refractivity contribution in [2.24, 2.45) is 0 Å². The summed E-state index contributed by atoms with van der Waals surface area (Å²) < 4.78 is 1.48. The van der Waals surface area contributed by atoms with Crippen LogP contribution in [-0.2, 0) is 0 Å². The van der Waals surface area contributed by atoms with Gasteiger partial charge in [0.15, 0.2) is 0 Å². The average molecular weight is 271 g/mol. The number of nitrogens with zero attached hydrogens (tertiary/aromatic N) is 1. The van der Waals surface area contributed by atoms with Gasteiger partial charge in [0.25, 0.3) is 5.56 Å². The summed E-state index contributed by atoms with van der Waals surface area (Å²) in [6.45, 7) is 0. The lowest BCUT2D eigenvalue weighted by molar-refractivity contribution is 0.852. The highest BCUT2D eigenvalue weighted by atomic mass is 35.5. The van der Waals surface area contributed by atoms with Crippen LogP contribution in [0.3, 0.4) is 0 Å². The van der Waals surface area contributed by atoms with Crippen molar-refractivity contribution in [1.29, 1.82) is 0 Å². The summed E-state index contributed by atoms with van der Waals surface area (Å²) in [6.07, 6.45) is 0. The van der Waals surface area contributed by atoms with Crippen molar-refractivity contribution in [1.82, 2.24) is 9.78 Å². The number of rotatable bonds is 2. The molecule has 19 heavy (non-hydrogen) atoms. The van der Waals surface area contributed by atoms with Crippen LogP contribution in [0.5, 0.6) is 0 Å². The lowest BCUT2D eigenvalue weighted by Gasteiger charge is -2.02. The Labute approximate surface area is 115 Å². The van der Waals surface area contributed by atoms with Gasteiger partial charge >= 0.3 is 0 Å². The maximum Gasteiger partial charge on any atom is 0.271 e. The first-order valence-electron chi connectivity index (χ1n) is 5.87. The van der Waals surface area contributed by atoms with Crippen LogP contribution in [0, 0.1) is 0 Å². The zero-order valence-corrected chi connectivity index (χ0v) is 10.8. The van der Waals surface area contributed by atoms with E-state index < -0.39 is 0 Å². The third-order valence-corrected chi connectivity index (χ3v) is 3.11. The fourth-order valence-corrected chi connectivity index (χ4v) is 2.15. The molecule has 1 heterocycles. The zero-order valence-electron chi connectivity index (χ0n) is 10.0. The van der Waals surface area contributed by atoms with E-state index in [1.807, 2.05) is 42.5 Å². The maximum absolute atomic E-state index is 12.0. The Balaban J connectivity index is 2.10. The number of hydrogen-bond donors (Lipinski definition) is 1. The summed E-state index contributed by atoms with van der Waals surface area (Å²) in [5.74, 6) is 0. The van der Waals surface area contributed by atoms with E-state index >= 15 is 0 Å². The standard InChI is InChI=1S/C15H11ClN2O/c16-12-7-4-8-13(9-12)18-15(19)10-14(17-18)11-5-2-1-3-6-11/h1-10,17H. The monoisotopic (exact) mass is 270 g/mol. The number of nitrogens with one attached hydrogen (secondary N) is 1. The van der Waals surface area contributed by atoms with E-state index in [9.17, 15) is 4.79 Å². The number of halogens is 1. The van der Waals surface area contributed by atoms with Crippen LogP contribution in [0.15, 0.2) is 65.5 Å². The molecule has 3 aromatic rings. The molecule has 0 aliphatic heterocycles. The summed E-state index contributed by atoms with van der Waals surface area (Å²) in [6, 6.07) is 18.5. The molecule has 0 amide bonds. The minimum atomic E-state index is -0.110. The first-order valence-corrected chi connectivity index (χ1v) is 6.25. The molecule has 2 aromatic carbocycles. The van der Waals surface area contributed by atoms with Crippen LogP contribution in [0.4, 0.5) is 0 Å². The van der Waals surface area contributed by atoms with Crippen molar-refractivity contribution < 1.29 is 0 Å². The number of aromatic amines is 1. The van der Waals surface area contributed by atoms with Crippen molar-refractivity contribution in [3.05, 3.63) is 76.0 Å². The van der Waals surface area contributed by atoms with Crippen LogP contribution >= 0.6 is 11.6 Å². The molecular formula is C15H11ClN2O. The van der Waals surface area contributed by atoms with E-state index in [1.54, 1.807) is 18.2 Å². The Morgan fingerprint density at radius 3 is 2.47 bits per heavy atom. The van der Waals surface area contributed by atoms with Crippen LogP contribution in [-0.4, -0.2) is 9.78 Å².